The van der Waals surface area contributed by atoms with Gasteiger partial charge in [0.1, 0.15) is 17.7 Å². The van der Waals surface area contributed by atoms with Crippen LogP contribution >= 0.6 is 0 Å². The van der Waals surface area contributed by atoms with E-state index in [9.17, 15) is 17.6 Å². The minimum Gasteiger partial charge on any atom is -0.368 e. The van der Waals surface area contributed by atoms with Crippen LogP contribution in [0.3, 0.4) is 0 Å². The topological polar surface area (TPSA) is 85.8 Å². The maximum Gasteiger partial charge on any atom is 0.263 e. The van der Waals surface area contributed by atoms with Crippen molar-refractivity contribution in [3.63, 3.8) is 0 Å². The van der Waals surface area contributed by atoms with E-state index in [1.54, 1.807) is 54.6 Å². The number of hydrogen-bond donors (Lipinski definition) is 1. The Bertz CT molecular complexity index is 1370. The summed E-state index contributed by atoms with van der Waals surface area (Å²) in [6.45, 7) is 5.15. The van der Waals surface area contributed by atoms with E-state index < -0.39 is 10.0 Å². The normalized spacial score (nSPS) is 16.8. The molecule has 2 aliphatic heterocycles. The Hall–Kier alpha value is -3.66. The second-order valence-corrected chi connectivity index (χ2v) is 11.1. The van der Waals surface area contributed by atoms with E-state index in [0.29, 0.717) is 26.2 Å². The molecule has 0 spiro atoms. The number of nitrogens with zero attached hydrogens (tertiary/aromatic N) is 4. The van der Waals surface area contributed by atoms with E-state index in [1.807, 2.05) is 11.8 Å². The molecule has 2 aromatic carbocycles. The zero-order chi connectivity index (χ0) is 26.0. The standard InChI is InChI=1S/C27H30FN5O3S.2H2/c1-20(33-14-4-5-21-19-22(28)7-12-25(21)33)27(34)32-17-15-31(16-18-32)23-8-10-24(11-9-23)37(35,36)30-26-6-2-3-13-29-26;;/h2-3,6-13,19-20H,4-5,14-18H2,1H3,(H,29,30);2*1H/t20-;;/m0../s1. The molecule has 8 nitrogen and oxygen atoms in total. The first-order valence-corrected chi connectivity index (χ1v) is 13.9. The highest BCUT2D eigenvalue weighted by atomic mass is 32.2. The number of aromatic nitrogens is 1. The van der Waals surface area contributed by atoms with Crippen LogP contribution in [0.1, 0.15) is 21.8 Å². The summed E-state index contributed by atoms with van der Waals surface area (Å²) in [5.74, 6) is 0.0893. The number of nitrogens with one attached hydrogen (secondary N) is 1. The number of carbonyl (C=O) groups excluding carboxylic acids is 1. The lowest BCUT2D eigenvalue weighted by Crippen LogP contribution is -2.55. The van der Waals surface area contributed by atoms with E-state index in [1.165, 1.54) is 12.3 Å². The number of rotatable bonds is 6. The summed E-state index contributed by atoms with van der Waals surface area (Å²) < 4.78 is 41.5. The van der Waals surface area contributed by atoms with E-state index in [4.69, 9.17) is 0 Å². The Morgan fingerprint density at radius 3 is 2.49 bits per heavy atom. The first-order chi connectivity index (χ1) is 17.8. The van der Waals surface area contributed by atoms with E-state index in [0.717, 1.165) is 36.3 Å². The number of sulfonamides is 1. The molecule has 1 atom stereocenters. The highest BCUT2D eigenvalue weighted by Crippen LogP contribution is 2.30. The fourth-order valence-electron chi connectivity index (χ4n) is 5.04. The molecule has 3 heterocycles. The number of halogens is 1. The first kappa shape index (κ1) is 25.0. The minimum absolute atomic E-state index is 0. The van der Waals surface area contributed by atoms with Gasteiger partial charge in [0.25, 0.3) is 10.0 Å². The fraction of sp³-hybridized carbons (Fsp3) is 0.333. The van der Waals surface area contributed by atoms with Gasteiger partial charge in [-0.1, -0.05) is 6.07 Å². The Morgan fingerprint density at radius 1 is 1.03 bits per heavy atom. The molecule has 0 bridgehead atoms. The first-order valence-electron chi connectivity index (χ1n) is 12.4. The van der Waals surface area contributed by atoms with Gasteiger partial charge in [0.15, 0.2) is 0 Å². The zero-order valence-corrected chi connectivity index (χ0v) is 21.5. The molecule has 10 heteroatoms. The Morgan fingerprint density at radius 2 is 1.78 bits per heavy atom. The van der Waals surface area contributed by atoms with Gasteiger partial charge in [0.05, 0.1) is 4.90 Å². The molecule has 0 saturated carbocycles. The van der Waals surface area contributed by atoms with Crippen LogP contribution in [0.2, 0.25) is 0 Å². The molecule has 1 fully saturated rings. The molecule has 3 aromatic rings. The van der Waals surface area contributed by atoms with E-state index >= 15 is 0 Å². The maximum atomic E-state index is 13.7. The second-order valence-electron chi connectivity index (χ2n) is 9.37. The number of piperazine rings is 1. The predicted molar refractivity (Wildman–Crippen MR) is 146 cm³/mol. The summed E-state index contributed by atoms with van der Waals surface area (Å²) >= 11 is 0. The Labute approximate surface area is 219 Å². The third kappa shape index (κ3) is 5.39. The van der Waals surface area contributed by atoms with Crippen LogP contribution < -0.4 is 14.5 Å². The molecule has 2 aliphatic rings. The van der Waals surface area contributed by atoms with Crippen LogP contribution in [0.5, 0.6) is 0 Å². The molecule has 1 N–H and O–H groups in total. The van der Waals surface area contributed by atoms with Crippen molar-refractivity contribution in [1.82, 2.24) is 9.88 Å². The van der Waals surface area contributed by atoms with Gasteiger partial charge in [0.2, 0.25) is 5.91 Å². The van der Waals surface area contributed by atoms with Crippen LogP contribution in [-0.4, -0.2) is 63.0 Å². The average molecular weight is 528 g/mol. The third-order valence-electron chi connectivity index (χ3n) is 7.03. The summed E-state index contributed by atoms with van der Waals surface area (Å²) in [6, 6.07) is 16.2. The van der Waals surface area contributed by atoms with Crippen molar-refractivity contribution >= 4 is 33.1 Å². The van der Waals surface area contributed by atoms with Gasteiger partial charge < -0.3 is 14.7 Å². The summed E-state index contributed by atoms with van der Waals surface area (Å²) in [5.41, 5.74) is 2.81. The van der Waals surface area contributed by atoms with Crippen molar-refractivity contribution in [2.75, 3.05) is 47.2 Å². The quantitative estimate of drug-likeness (QED) is 0.522. The molecular formula is C27H34FN5O3S. The van der Waals surface area contributed by atoms with Crippen LogP contribution in [-0.2, 0) is 21.2 Å². The van der Waals surface area contributed by atoms with Gasteiger partial charge in [-0.3, -0.25) is 9.52 Å². The van der Waals surface area contributed by atoms with Crippen LogP contribution in [0.25, 0.3) is 0 Å². The lowest BCUT2D eigenvalue weighted by Gasteiger charge is -2.41. The number of aryl methyl sites for hydroxylation is 1. The largest absolute Gasteiger partial charge is 0.368 e. The molecule has 5 rings (SSSR count). The van der Waals surface area contributed by atoms with Crippen molar-refractivity contribution in [3.05, 3.63) is 78.2 Å². The monoisotopic (exact) mass is 527 g/mol. The van der Waals surface area contributed by atoms with Gasteiger partial charge >= 0.3 is 0 Å². The molecule has 0 radical (unpaired) electrons. The van der Waals surface area contributed by atoms with Crippen LogP contribution in [0, 0.1) is 5.82 Å². The van der Waals surface area contributed by atoms with Gasteiger partial charge in [-0.05, 0) is 79.9 Å². The lowest BCUT2D eigenvalue weighted by atomic mass is 9.99. The molecule has 0 aliphatic carbocycles. The minimum atomic E-state index is -3.73. The number of benzene rings is 2. The molecule has 198 valence electrons. The van der Waals surface area contributed by atoms with Crippen molar-refractivity contribution < 1.29 is 20.5 Å². The van der Waals surface area contributed by atoms with Crippen molar-refractivity contribution in [2.24, 2.45) is 0 Å². The SMILES string of the molecule is C[C@@H](C(=O)N1CCN(c2ccc(S(=O)(=O)Nc3ccccn3)cc2)CC1)N1CCCc2cc(F)ccc21.[HH].[HH]. The number of carbonyl (C=O) groups is 1. The smallest absolute Gasteiger partial charge is 0.263 e. The average Bonchev–Trinajstić information content (AvgIpc) is 2.92. The highest BCUT2D eigenvalue weighted by molar-refractivity contribution is 7.92. The van der Waals surface area contributed by atoms with Crippen LogP contribution in [0.4, 0.5) is 21.6 Å². The predicted octanol–water partition coefficient (Wildman–Crippen LogP) is 4.00. The molecular weight excluding hydrogens is 493 g/mol. The fourth-order valence-corrected chi connectivity index (χ4v) is 6.04. The van der Waals surface area contributed by atoms with Gasteiger partial charge in [0, 0.05) is 53.1 Å². The lowest BCUT2D eigenvalue weighted by molar-refractivity contribution is -0.132. The summed E-state index contributed by atoms with van der Waals surface area (Å²) in [7, 11) is -3.73. The number of fused-ring (bicyclic) bond motifs is 1. The molecule has 1 amide bonds. The summed E-state index contributed by atoms with van der Waals surface area (Å²) in [4.78, 5) is 23.6. The third-order valence-corrected chi connectivity index (χ3v) is 8.40. The number of hydrogen-bond acceptors (Lipinski definition) is 6. The van der Waals surface area contributed by atoms with Gasteiger partial charge in [-0.15, -0.1) is 0 Å². The zero-order valence-electron chi connectivity index (χ0n) is 20.7. The molecule has 1 saturated heterocycles. The highest BCUT2D eigenvalue weighted by Gasteiger charge is 2.31. The number of anilines is 3. The van der Waals surface area contributed by atoms with Crippen molar-refractivity contribution in [2.45, 2.75) is 30.7 Å². The van der Waals surface area contributed by atoms with E-state index in [-0.39, 0.29) is 31.3 Å². The van der Waals surface area contributed by atoms with Gasteiger partial charge in [-0.2, -0.15) is 0 Å². The number of amides is 1. The number of pyridine rings is 1. The summed E-state index contributed by atoms with van der Waals surface area (Å²) in [6.07, 6.45) is 3.24. The van der Waals surface area contributed by atoms with Crippen molar-refractivity contribution in [3.8, 4) is 0 Å². The molecule has 0 unspecified atom stereocenters. The van der Waals surface area contributed by atoms with E-state index in [2.05, 4.69) is 19.5 Å². The molecule has 1 aromatic heterocycles. The van der Waals surface area contributed by atoms with Crippen molar-refractivity contribution in [1.29, 1.82) is 0 Å². The van der Waals surface area contributed by atoms with Crippen LogP contribution in [0.15, 0.2) is 71.8 Å². The Balaban J connectivity index is 0.00000210. The maximum absolute atomic E-state index is 13.7. The van der Waals surface area contributed by atoms with Gasteiger partial charge in [-0.25, -0.2) is 17.8 Å². The Kier molecular flexibility index (Phi) is 7.01. The summed E-state index contributed by atoms with van der Waals surface area (Å²) in [5, 5.41) is 0. The second kappa shape index (κ2) is 10.4. The molecule has 37 heavy (non-hydrogen) atoms.